The number of hydrogen-bond donors (Lipinski definition) is 0. The van der Waals surface area contributed by atoms with E-state index in [0.717, 1.165) is 12.5 Å². The van der Waals surface area contributed by atoms with Gasteiger partial charge in [-0.3, -0.25) is 0 Å². The van der Waals surface area contributed by atoms with Crippen LogP contribution in [0.5, 0.6) is 0 Å². The van der Waals surface area contributed by atoms with Crippen LogP contribution in [0.3, 0.4) is 0 Å². The Hall–Kier alpha value is 0.147. The highest BCUT2D eigenvalue weighted by Gasteiger charge is 2.18. The van der Waals surface area contributed by atoms with Gasteiger partial charge in [0, 0.05) is 0 Å². The van der Waals surface area contributed by atoms with Crippen LogP contribution in [0.25, 0.3) is 0 Å². The van der Waals surface area contributed by atoms with Gasteiger partial charge in [-0.25, -0.2) is 0 Å². The lowest BCUT2D eigenvalue weighted by Gasteiger charge is -2.09. The quantitative estimate of drug-likeness (QED) is 0.328. The summed E-state index contributed by atoms with van der Waals surface area (Å²) < 4.78 is 13.0. The maximum atomic E-state index is 13.0. The summed E-state index contributed by atoms with van der Waals surface area (Å²) in [6.45, 7) is 5.76. The molecule has 0 aromatic carbocycles. The van der Waals surface area contributed by atoms with Gasteiger partial charge in [0.2, 0.25) is 8.41 Å². The van der Waals surface area contributed by atoms with E-state index < -0.39 is 8.41 Å². The maximum Gasteiger partial charge on any atom is 0.240 e. The molecule has 0 nitrogen and oxygen atoms in total. The molecule has 0 rings (SSSR count). The van der Waals surface area contributed by atoms with E-state index in [-0.39, 0.29) is 0 Å². The third-order valence-corrected chi connectivity index (χ3v) is 3.17. The van der Waals surface area contributed by atoms with Gasteiger partial charge in [0.25, 0.3) is 0 Å². The minimum atomic E-state index is -2.21. The van der Waals surface area contributed by atoms with E-state index in [1.807, 2.05) is 0 Å². The Balaban J connectivity index is 3.04. The van der Waals surface area contributed by atoms with Gasteiger partial charge >= 0.3 is 0 Å². The highest BCUT2D eigenvalue weighted by atomic mass is 28.4. The van der Waals surface area contributed by atoms with Crippen molar-refractivity contribution in [3.8, 4) is 0 Å². The molecule has 0 aromatic heterocycles. The van der Waals surface area contributed by atoms with Crippen molar-refractivity contribution in [1.82, 2.24) is 0 Å². The molecule has 10 heavy (non-hydrogen) atoms. The molecule has 0 aliphatic carbocycles. The van der Waals surface area contributed by atoms with Gasteiger partial charge in [-0.15, -0.1) is 0 Å². The molecule has 0 saturated heterocycles. The summed E-state index contributed by atoms with van der Waals surface area (Å²) in [7, 11) is -2.21. The van der Waals surface area contributed by atoms with E-state index in [2.05, 4.69) is 6.92 Å². The lowest BCUT2D eigenvalue weighted by atomic mass is 10.2. The molecule has 0 unspecified atom stereocenters. The van der Waals surface area contributed by atoms with Crippen molar-refractivity contribution in [2.24, 2.45) is 0 Å². The van der Waals surface area contributed by atoms with Crippen LogP contribution in [0.1, 0.15) is 32.6 Å². The largest absolute Gasteiger partial charge is 0.314 e. The van der Waals surface area contributed by atoms with E-state index in [4.69, 9.17) is 0 Å². The number of hydrogen-bond acceptors (Lipinski definition) is 0. The fraction of sp³-hybridized carbons (Fsp3) is 1.00. The Morgan fingerprint density at radius 1 is 1.10 bits per heavy atom. The molecule has 0 spiro atoms. The highest BCUT2D eigenvalue weighted by molar-refractivity contribution is 6.70. The number of halogens is 1. The predicted molar refractivity (Wildman–Crippen MR) is 47.5 cm³/mol. The lowest BCUT2D eigenvalue weighted by molar-refractivity contribution is 0.675. The molecule has 0 aliphatic rings. The van der Waals surface area contributed by atoms with Crippen LogP contribution in [0.4, 0.5) is 4.11 Å². The molecular weight excluding hydrogens is 143 g/mol. The lowest BCUT2D eigenvalue weighted by Crippen LogP contribution is -2.16. The third-order valence-electron chi connectivity index (χ3n) is 1.62. The molecule has 0 heterocycles. The Morgan fingerprint density at radius 2 is 1.70 bits per heavy atom. The molecule has 0 atom stereocenters. The Kier molecular flexibility index (Phi) is 4.96. The minimum Gasteiger partial charge on any atom is -0.314 e. The summed E-state index contributed by atoms with van der Waals surface area (Å²) in [4.78, 5) is 0. The molecule has 0 aliphatic heterocycles. The van der Waals surface area contributed by atoms with E-state index >= 15 is 0 Å². The molecule has 0 N–H and O–H groups in total. The summed E-state index contributed by atoms with van der Waals surface area (Å²) in [5, 5.41) is 0. The maximum absolute atomic E-state index is 13.0. The minimum absolute atomic E-state index is 0.854. The molecule has 0 radical (unpaired) electrons. The van der Waals surface area contributed by atoms with Crippen molar-refractivity contribution in [3.05, 3.63) is 0 Å². The fourth-order valence-electron chi connectivity index (χ4n) is 0.972. The summed E-state index contributed by atoms with van der Waals surface area (Å²) in [6, 6.07) is 0.854. The summed E-state index contributed by atoms with van der Waals surface area (Å²) in [6.07, 6.45) is 4.83. The number of rotatable bonds is 5. The first-order valence-electron chi connectivity index (χ1n) is 4.25. The van der Waals surface area contributed by atoms with Gasteiger partial charge in [-0.1, -0.05) is 32.6 Å². The smallest absolute Gasteiger partial charge is 0.240 e. The first-order chi connectivity index (χ1) is 4.56. The molecule has 0 bridgehead atoms. The van der Waals surface area contributed by atoms with Crippen molar-refractivity contribution in [3.63, 3.8) is 0 Å². The SMILES string of the molecule is CCCCCC[Si](C)(C)F. The zero-order chi connectivity index (χ0) is 8.04. The number of unbranched alkanes of at least 4 members (excludes halogenated alkanes) is 3. The van der Waals surface area contributed by atoms with Crippen molar-refractivity contribution in [2.45, 2.75) is 51.7 Å². The highest BCUT2D eigenvalue weighted by Crippen LogP contribution is 2.15. The normalized spacial score (nSPS) is 12.0. The van der Waals surface area contributed by atoms with Gasteiger partial charge in [0.05, 0.1) is 0 Å². The van der Waals surface area contributed by atoms with Crippen molar-refractivity contribution in [1.29, 1.82) is 0 Å². The Labute approximate surface area is 65.0 Å². The van der Waals surface area contributed by atoms with Crippen LogP contribution in [0, 0.1) is 0 Å². The van der Waals surface area contributed by atoms with Gasteiger partial charge in [0.15, 0.2) is 0 Å². The average Bonchev–Trinajstić information content (AvgIpc) is 1.78. The monoisotopic (exact) mass is 162 g/mol. The van der Waals surface area contributed by atoms with E-state index in [0.29, 0.717) is 0 Å². The molecule has 0 fully saturated rings. The second-order valence-electron chi connectivity index (χ2n) is 3.53. The summed E-state index contributed by atoms with van der Waals surface area (Å²) in [5.41, 5.74) is 0. The molecule has 0 amide bonds. The van der Waals surface area contributed by atoms with E-state index in [1.165, 1.54) is 19.3 Å². The van der Waals surface area contributed by atoms with Gasteiger partial charge in [-0.2, -0.15) is 0 Å². The first kappa shape index (κ1) is 10.1. The first-order valence-corrected chi connectivity index (χ1v) is 7.33. The molecule has 2 heteroatoms. The topological polar surface area (TPSA) is 0 Å². The third kappa shape index (κ3) is 8.15. The van der Waals surface area contributed by atoms with E-state index in [9.17, 15) is 4.11 Å². The second-order valence-corrected chi connectivity index (χ2v) is 7.47. The zero-order valence-electron chi connectivity index (χ0n) is 7.41. The Bertz CT molecular complexity index is 75.8. The van der Waals surface area contributed by atoms with Crippen LogP contribution in [0.15, 0.2) is 0 Å². The molecular formula is C8H19FSi. The Morgan fingerprint density at radius 3 is 2.10 bits per heavy atom. The van der Waals surface area contributed by atoms with Crippen LogP contribution >= 0.6 is 0 Å². The van der Waals surface area contributed by atoms with Gasteiger partial charge < -0.3 is 4.11 Å². The van der Waals surface area contributed by atoms with Crippen LogP contribution in [0.2, 0.25) is 19.1 Å². The summed E-state index contributed by atoms with van der Waals surface area (Å²) in [5.74, 6) is 0. The average molecular weight is 162 g/mol. The molecule has 0 saturated carbocycles. The molecule has 62 valence electrons. The standard InChI is InChI=1S/C8H19FSi/c1-4-5-6-7-8-10(2,3)9/h4-8H2,1-3H3. The van der Waals surface area contributed by atoms with Crippen molar-refractivity contribution >= 4 is 8.41 Å². The van der Waals surface area contributed by atoms with E-state index in [1.54, 1.807) is 13.1 Å². The van der Waals surface area contributed by atoms with Gasteiger partial charge in [-0.05, 0) is 19.1 Å². The van der Waals surface area contributed by atoms with Crippen molar-refractivity contribution < 1.29 is 4.11 Å². The van der Waals surface area contributed by atoms with Crippen LogP contribution in [-0.4, -0.2) is 8.41 Å². The second kappa shape index (κ2) is 4.89. The van der Waals surface area contributed by atoms with Crippen molar-refractivity contribution in [2.75, 3.05) is 0 Å². The molecule has 0 aromatic rings. The predicted octanol–water partition coefficient (Wildman–Crippen LogP) is 3.74. The van der Waals surface area contributed by atoms with Crippen LogP contribution in [-0.2, 0) is 0 Å². The summed E-state index contributed by atoms with van der Waals surface area (Å²) >= 11 is 0. The van der Waals surface area contributed by atoms with Gasteiger partial charge in [0.1, 0.15) is 0 Å². The van der Waals surface area contributed by atoms with Crippen LogP contribution < -0.4 is 0 Å². The fourth-order valence-corrected chi connectivity index (χ4v) is 2.06. The zero-order valence-corrected chi connectivity index (χ0v) is 8.41.